The Balaban J connectivity index is 1.40. The van der Waals surface area contributed by atoms with E-state index in [4.69, 9.17) is 4.74 Å². The molecule has 0 atom stereocenters. The SMILES string of the molecule is O=C(COc1ccccc1/C=C1/SC(=O)N(CC(=O)Nc2ccccc2)C1=O)Nc1ccccc1. The third-order valence-electron chi connectivity index (χ3n) is 4.85. The van der Waals surface area contributed by atoms with E-state index in [9.17, 15) is 19.2 Å². The molecule has 0 aromatic heterocycles. The predicted molar refractivity (Wildman–Crippen MR) is 135 cm³/mol. The van der Waals surface area contributed by atoms with Crippen molar-refractivity contribution in [3.63, 3.8) is 0 Å². The van der Waals surface area contributed by atoms with Crippen LogP contribution in [0.25, 0.3) is 6.08 Å². The van der Waals surface area contributed by atoms with Crippen LogP contribution in [-0.4, -0.2) is 41.0 Å². The predicted octanol–water partition coefficient (Wildman–Crippen LogP) is 4.38. The molecule has 0 bridgehead atoms. The molecule has 35 heavy (non-hydrogen) atoms. The Bertz CT molecular complexity index is 1280. The van der Waals surface area contributed by atoms with Crippen LogP contribution < -0.4 is 15.4 Å². The van der Waals surface area contributed by atoms with E-state index in [1.54, 1.807) is 60.7 Å². The summed E-state index contributed by atoms with van der Waals surface area (Å²) in [5.41, 5.74) is 1.75. The molecule has 1 fully saturated rings. The number of para-hydroxylation sites is 3. The summed E-state index contributed by atoms with van der Waals surface area (Å²) in [6, 6.07) is 24.6. The summed E-state index contributed by atoms with van der Waals surface area (Å²) < 4.78 is 5.66. The van der Waals surface area contributed by atoms with Crippen molar-refractivity contribution in [1.82, 2.24) is 4.90 Å². The van der Waals surface area contributed by atoms with Gasteiger partial charge in [0.2, 0.25) is 5.91 Å². The monoisotopic (exact) mass is 487 g/mol. The summed E-state index contributed by atoms with van der Waals surface area (Å²) in [4.78, 5) is 50.8. The first kappa shape index (κ1) is 23.8. The molecule has 1 heterocycles. The van der Waals surface area contributed by atoms with E-state index in [1.165, 1.54) is 6.08 Å². The molecule has 3 aromatic rings. The fourth-order valence-corrected chi connectivity index (χ4v) is 4.07. The van der Waals surface area contributed by atoms with E-state index < -0.39 is 23.6 Å². The van der Waals surface area contributed by atoms with E-state index >= 15 is 0 Å². The minimum Gasteiger partial charge on any atom is -0.483 e. The number of ether oxygens (including phenoxy) is 1. The van der Waals surface area contributed by atoms with Gasteiger partial charge in [0, 0.05) is 16.9 Å². The van der Waals surface area contributed by atoms with Crippen molar-refractivity contribution in [2.75, 3.05) is 23.8 Å². The van der Waals surface area contributed by atoms with E-state index in [1.807, 2.05) is 24.3 Å². The van der Waals surface area contributed by atoms with Gasteiger partial charge in [0.05, 0.1) is 4.91 Å². The highest BCUT2D eigenvalue weighted by Gasteiger charge is 2.36. The molecule has 4 rings (SSSR count). The Morgan fingerprint density at radius 2 is 1.37 bits per heavy atom. The Kier molecular flexibility index (Phi) is 7.59. The summed E-state index contributed by atoms with van der Waals surface area (Å²) in [5.74, 6) is -1.01. The molecule has 1 aliphatic rings. The molecule has 2 N–H and O–H groups in total. The largest absolute Gasteiger partial charge is 0.483 e. The molecular weight excluding hydrogens is 466 g/mol. The standard InChI is InChI=1S/C26H21N3O5S/c30-23(27-19-10-3-1-4-11-19)16-29-25(32)22(35-26(29)33)15-18-9-7-8-14-21(18)34-17-24(31)28-20-12-5-2-6-13-20/h1-15H,16-17H2,(H,27,30)(H,28,31)/b22-15+. The molecule has 0 spiro atoms. The lowest BCUT2D eigenvalue weighted by atomic mass is 10.2. The van der Waals surface area contributed by atoms with Gasteiger partial charge in [-0.15, -0.1) is 0 Å². The maximum Gasteiger partial charge on any atom is 0.294 e. The molecule has 176 valence electrons. The summed E-state index contributed by atoms with van der Waals surface area (Å²) in [5, 5.41) is 4.85. The summed E-state index contributed by atoms with van der Waals surface area (Å²) in [6.45, 7) is -0.629. The second kappa shape index (κ2) is 11.2. The molecular formula is C26H21N3O5S. The van der Waals surface area contributed by atoms with Crippen LogP contribution in [0.2, 0.25) is 0 Å². The zero-order valence-electron chi connectivity index (χ0n) is 18.5. The first-order valence-corrected chi connectivity index (χ1v) is 11.5. The lowest BCUT2D eigenvalue weighted by Gasteiger charge is -2.12. The molecule has 0 radical (unpaired) electrons. The average molecular weight is 488 g/mol. The molecule has 4 amide bonds. The highest BCUT2D eigenvalue weighted by atomic mass is 32.2. The van der Waals surface area contributed by atoms with Gasteiger partial charge in [-0.2, -0.15) is 0 Å². The number of nitrogens with zero attached hydrogens (tertiary/aromatic N) is 1. The van der Waals surface area contributed by atoms with Gasteiger partial charge in [0.1, 0.15) is 12.3 Å². The average Bonchev–Trinajstić information content (AvgIpc) is 3.12. The van der Waals surface area contributed by atoms with Gasteiger partial charge >= 0.3 is 0 Å². The first-order valence-electron chi connectivity index (χ1n) is 10.7. The Morgan fingerprint density at radius 1 is 0.800 bits per heavy atom. The molecule has 0 aliphatic carbocycles. The number of carbonyl (C=O) groups is 4. The van der Waals surface area contributed by atoms with Gasteiger partial charge in [-0.25, -0.2) is 0 Å². The van der Waals surface area contributed by atoms with Crippen LogP contribution in [0.1, 0.15) is 5.56 Å². The first-order chi connectivity index (χ1) is 17.0. The second-order valence-corrected chi connectivity index (χ2v) is 8.42. The van der Waals surface area contributed by atoms with E-state index in [2.05, 4.69) is 10.6 Å². The van der Waals surface area contributed by atoms with Gasteiger partial charge in [-0.1, -0.05) is 54.6 Å². The van der Waals surface area contributed by atoms with Gasteiger partial charge in [-0.05, 0) is 48.2 Å². The highest BCUT2D eigenvalue weighted by molar-refractivity contribution is 8.18. The molecule has 0 saturated carbocycles. The topological polar surface area (TPSA) is 105 Å². The van der Waals surface area contributed by atoms with Crippen LogP contribution >= 0.6 is 11.8 Å². The fourth-order valence-electron chi connectivity index (χ4n) is 3.24. The summed E-state index contributed by atoms with van der Waals surface area (Å²) in [6.07, 6.45) is 1.52. The van der Waals surface area contributed by atoms with Crippen molar-refractivity contribution in [2.24, 2.45) is 0 Å². The molecule has 0 unspecified atom stereocenters. The van der Waals surface area contributed by atoms with Crippen molar-refractivity contribution in [3.05, 3.63) is 95.4 Å². The van der Waals surface area contributed by atoms with E-state index in [-0.39, 0.29) is 17.4 Å². The quantitative estimate of drug-likeness (QED) is 0.457. The van der Waals surface area contributed by atoms with Gasteiger partial charge < -0.3 is 15.4 Å². The maximum atomic E-state index is 12.8. The Labute approximate surface area is 206 Å². The lowest BCUT2D eigenvalue weighted by molar-refractivity contribution is -0.127. The number of rotatable bonds is 8. The van der Waals surface area contributed by atoms with Crippen molar-refractivity contribution < 1.29 is 23.9 Å². The molecule has 9 heteroatoms. The third-order valence-corrected chi connectivity index (χ3v) is 5.76. The number of imide groups is 1. The fraction of sp³-hybridized carbons (Fsp3) is 0.0769. The Morgan fingerprint density at radius 3 is 2.03 bits per heavy atom. The van der Waals surface area contributed by atoms with Gasteiger partial charge in [0.15, 0.2) is 6.61 Å². The van der Waals surface area contributed by atoms with Crippen molar-refractivity contribution >= 4 is 52.2 Å². The van der Waals surface area contributed by atoms with Crippen LogP contribution in [0.3, 0.4) is 0 Å². The van der Waals surface area contributed by atoms with Crippen molar-refractivity contribution in [2.45, 2.75) is 0 Å². The van der Waals surface area contributed by atoms with E-state index in [0.29, 0.717) is 22.7 Å². The number of anilines is 2. The van der Waals surface area contributed by atoms with Crippen LogP contribution in [0.5, 0.6) is 5.75 Å². The van der Waals surface area contributed by atoms with E-state index in [0.717, 1.165) is 16.7 Å². The molecule has 3 aromatic carbocycles. The maximum absolute atomic E-state index is 12.8. The number of nitrogens with one attached hydrogen (secondary N) is 2. The Hall–Kier alpha value is -4.37. The molecule has 8 nitrogen and oxygen atoms in total. The smallest absolute Gasteiger partial charge is 0.294 e. The zero-order valence-corrected chi connectivity index (χ0v) is 19.3. The molecule has 1 aliphatic heterocycles. The van der Waals surface area contributed by atoms with Gasteiger partial charge in [-0.3, -0.25) is 24.1 Å². The minimum absolute atomic E-state index is 0.160. The number of amides is 4. The zero-order chi connectivity index (χ0) is 24.6. The van der Waals surface area contributed by atoms with Crippen molar-refractivity contribution in [3.8, 4) is 5.75 Å². The minimum atomic E-state index is -0.570. The van der Waals surface area contributed by atoms with Crippen LogP contribution in [0, 0.1) is 0 Å². The van der Waals surface area contributed by atoms with Gasteiger partial charge in [0.25, 0.3) is 17.1 Å². The lowest BCUT2D eigenvalue weighted by Crippen LogP contribution is -2.36. The number of hydrogen-bond acceptors (Lipinski definition) is 6. The second-order valence-electron chi connectivity index (χ2n) is 7.42. The van der Waals surface area contributed by atoms with Crippen molar-refractivity contribution in [1.29, 1.82) is 0 Å². The number of carbonyl (C=O) groups excluding carboxylic acids is 4. The normalized spacial score (nSPS) is 14.2. The summed E-state index contributed by atoms with van der Waals surface area (Å²) >= 11 is 0.743. The molecule has 1 saturated heterocycles. The highest BCUT2D eigenvalue weighted by Crippen LogP contribution is 2.34. The van der Waals surface area contributed by atoms with Crippen LogP contribution in [0.15, 0.2) is 89.8 Å². The number of benzene rings is 3. The third kappa shape index (κ3) is 6.36. The van der Waals surface area contributed by atoms with Crippen LogP contribution in [-0.2, 0) is 14.4 Å². The number of thioether (sulfide) groups is 1. The summed E-state index contributed by atoms with van der Waals surface area (Å²) in [7, 11) is 0. The number of hydrogen-bond donors (Lipinski definition) is 2. The van der Waals surface area contributed by atoms with Crippen LogP contribution in [0.4, 0.5) is 16.2 Å².